The minimum Gasteiger partial charge on any atom is -0.396 e. The van der Waals surface area contributed by atoms with E-state index < -0.39 is 0 Å². The third kappa shape index (κ3) is 3.48. The molecule has 1 aliphatic heterocycles. The number of hydrogen-bond donors (Lipinski definition) is 1. The van der Waals surface area contributed by atoms with Crippen LogP contribution in [0.15, 0.2) is 18.2 Å². The van der Waals surface area contributed by atoms with Gasteiger partial charge in [0.2, 0.25) is 0 Å². The Morgan fingerprint density at radius 2 is 2.00 bits per heavy atom. The zero-order chi connectivity index (χ0) is 13.8. The van der Waals surface area contributed by atoms with Crippen LogP contribution in [0.1, 0.15) is 24.0 Å². The van der Waals surface area contributed by atoms with Gasteiger partial charge >= 0.3 is 0 Å². The van der Waals surface area contributed by atoms with E-state index in [1.807, 2.05) is 0 Å². The van der Waals surface area contributed by atoms with Gasteiger partial charge in [0.25, 0.3) is 0 Å². The predicted octanol–water partition coefficient (Wildman–Crippen LogP) is 2.20. The predicted molar refractivity (Wildman–Crippen MR) is 80.9 cm³/mol. The van der Waals surface area contributed by atoms with Crippen LogP contribution in [0, 0.1) is 13.8 Å². The molecule has 1 N–H and O–H groups in total. The van der Waals surface area contributed by atoms with Gasteiger partial charge in [-0.2, -0.15) is 0 Å². The van der Waals surface area contributed by atoms with Crippen LogP contribution in [-0.4, -0.2) is 49.3 Å². The van der Waals surface area contributed by atoms with Crippen LogP contribution in [0.3, 0.4) is 0 Å². The molecule has 0 radical (unpaired) electrons. The van der Waals surface area contributed by atoms with Gasteiger partial charge in [-0.3, -0.25) is 0 Å². The fourth-order valence-corrected chi connectivity index (χ4v) is 2.80. The number of aliphatic hydroxyl groups excluding tert-OH is 1. The summed E-state index contributed by atoms with van der Waals surface area (Å²) in [6, 6.07) is 7.18. The van der Waals surface area contributed by atoms with Gasteiger partial charge in [0, 0.05) is 31.4 Å². The van der Waals surface area contributed by atoms with Crippen LogP contribution < -0.4 is 4.90 Å². The molecule has 2 rings (SSSR count). The largest absolute Gasteiger partial charge is 0.396 e. The maximum absolute atomic E-state index is 9.22. The minimum atomic E-state index is 0.274. The SMILES string of the molecule is Cc1ccc(N2CCCN(C)C(CCO)C2)cc1C. The molecule has 1 aromatic rings. The van der Waals surface area contributed by atoms with E-state index >= 15 is 0 Å². The first-order valence-electron chi connectivity index (χ1n) is 7.25. The summed E-state index contributed by atoms with van der Waals surface area (Å²) in [6.07, 6.45) is 2.04. The van der Waals surface area contributed by atoms with Crippen molar-refractivity contribution in [1.29, 1.82) is 0 Å². The fourth-order valence-electron chi connectivity index (χ4n) is 2.80. The normalized spacial score (nSPS) is 21.5. The lowest BCUT2D eigenvalue weighted by Crippen LogP contribution is -2.39. The molecule has 1 unspecified atom stereocenters. The summed E-state index contributed by atoms with van der Waals surface area (Å²) in [5.41, 5.74) is 4.03. The topological polar surface area (TPSA) is 26.7 Å². The first kappa shape index (κ1) is 14.4. The van der Waals surface area contributed by atoms with Crippen LogP contribution in [0.4, 0.5) is 5.69 Å². The molecule has 1 aromatic carbocycles. The molecule has 1 heterocycles. The third-order valence-electron chi connectivity index (χ3n) is 4.31. The van der Waals surface area contributed by atoms with Gasteiger partial charge in [-0.15, -0.1) is 0 Å². The Balaban J connectivity index is 2.15. The molecule has 0 bridgehead atoms. The molecule has 3 heteroatoms. The molecule has 1 aliphatic rings. The Hall–Kier alpha value is -1.06. The van der Waals surface area contributed by atoms with Gasteiger partial charge in [-0.25, -0.2) is 0 Å². The second-order valence-electron chi connectivity index (χ2n) is 5.71. The quantitative estimate of drug-likeness (QED) is 0.904. The molecule has 0 aromatic heterocycles. The van der Waals surface area contributed by atoms with Gasteiger partial charge in [0.15, 0.2) is 0 Å². The maximum atomic E-state index is 9.22. The smallest absolute Gasteiger partial charge is 0.0446 e. The van der Waals surface area contributed by atoms with Crippen molar-refractivity contribution in [3.8, 4) is 0 Å². The van der Waals surface area contributed by atoms with Crippen molar-refractivity contribution in [1.82, 2.24) is 4.90 Å². The Morgan fingerprint density at radius 3 is 2.68 bits per heavy atom. The van der Waals surface area contributed by atoms with Crippen molar-refractivity contribution in [3.05, 3.63) is 29.3 Å². The van der Waals surface area contributed by atoms with E-state index in [4.69, 9.17) is 0 Å². The van der Waals surface area contributed by atoms with Gasteiger partial charge in [0.1, 0.15) is 0 Å². The number of hydrogen-bond acceptors (Lipinski definition) is 3. The van der Waals surface area contributed by atoms with Crippen LogP contribution in [0.5, 0.6) is 0 Å². The number of anilines is 1. The summed E-state index contributed by atoms with van der Waals surface area (Å²) in [5.74, 6) is 0. The van der Waals surface area contributed by atoms with Crippen molar-refractivity contribution in [3.63, 3.8) is 0 Å². The minimum absolute atomic E-state index is 0.274. The number of rotatable bonds is 3. The number of likely N-dealkylation sites (N-methyl/N-ethyl adjacent to an activating group) is 1. The lowest BCUT2D eigenvalue weighted by atomic mass is 10.1. The van der Waals surface area contributed by atoms with E-state index in [2.05, 4.69) is 48.9 Å². The van der Waals surface area contributed by atoms with Crippen LogP contribution in [-0.2, 0) is 0 Å². The van der Waals surface area contributed by atoms with E-state index in [0.717, 1.165) is 26.1 Å². The van der Waals surface area contributed by atoms with Gasteiger partial charge in [-0.05, 0) is 63.5 Å². The highest BCUT2D eigenvalue weighted by Crippen LogP contribution is 2.22. The summed E-state index contributed by atoms with van der Waals surface area (Å²) in [5, 5.41) is 9.22. The molecule has 106 valence electrons. The lowest BCUT2D eigenvalue weighted by molar-refractivity contribution is 0.196. The Bertz CT molecular complexity index is 419. The zero-order valence-corrected chi connectivity index (χ0v) is 12.4. The molecule has 3 nitrogen and oxygen atoms in total. The summed E-state index contributed by atoms with van der Waals surface area (Å²) in [7, 11) is 2.17. The maximum Gasteiger partial charge on any atom is 0.0446 e. The summed E-state index contributed by atoms with van der Waals surface area (Å²) < 4.78 is 0. The number of aryl methyl sites for hydroxylation is 2. The van der Waals surface area contributed by atoms with Gasteiger partial charge in [0.05, 0.1) is 0 Å². The molecule has 1 saturated heterocycles. The standard InChI is InChI=1S/C16H26N2O/c1-13-5-6-15(11-14(13)2)18-9-4-8-17(3)16(12-18)7-10-19/h5-6,11,16,19H,4,7-10,12H2,1-3H3. The highest BCUT2D eigenvalue weighted by Gasteiger charge is 2.22. The van der Waals surface area contributed by atoms with Crippen molar-refractivity contribution in [2.45, 2.75) is 32.7 Å². The average Bonchev–Trinajstić information content (AvgIpc) is 2.56. The average molecular weight is 262 g/mol. The van der Waals surface area contributed by atoms with Crippen molar-refractivity contribution in [2.75, 3.05) is 38.2 Å². The summed E-state index contributed by atoms with van der Waals surface area (Å²) in [4.78, 5) is 4.85. The Labute approximate surface area is 116 Å². The molecule has 0 saturated carbocycles. The second-order valence-corrected chi connectivity index (χ2v) is 5.71. The van der Waals surface area contributed by atoms with E-state index in [-0.39, 0.29) is 6.61 Å². The van der Waals surface area contributed by atoms with E-state index in [1.54, 1.807) is 0 Å². The molecule has 19 heavy (non-hydrogen) atoms. The van der Waals surface area contributed by atoms with Crippen LogP contribution >= 0.6 is 0 Å². The third-order valence-corrected chi connectivity index (χ3v) is 4.31. The number of benzene rings is 1. The van der Waals surface area contributed by atoms with Crippen molar-refractivity contribution in [2.24, 2.45) is 0 Å². The highest BCUT2D eigenvalue weighted by molar-refractivity contribution is 5.51. The number of nitrogens with zero attached hydrogens (tertiary/aromatic N) is 2. The monoisotopic (exact) mass is 262 g/mol. The molecular weight excluding hydrogens is 236 g/mol. The van der Waals surface area contributed by atoms with Crippen LogP contribution in [0.2, 0.25) is 0 Å². The van der Waals surface area contributed by atoms with Gasteiger partial charge in [-0.1, -0.05) is 6.07 Å². The molecule has 0 amide bonds. The Kier molecular flexibility index (Phi) is 4.83. The van der Waals surface area contributed by atoms with E-state index in [1.165, 1.54) is 23.2 Å². The van der Waals surface area contributed by atoms with E-state index in [9.17, 15) is 5.11 Å². The highest BCUT2D eigenvalue weighted by atomic mass is 16.3. The summed E-state index contributed by atoms with van der Waals surface area (Å²) in [6.45, 7) is 7.84. The first-order valence-corrected chi connectivity index (χ1v) is 7.25. The van der Waals surface area contributed by atoms with Crippen molar-refractivity contribution >= 4 is 5.69 Å². The molecule has 0 aliphatic carbocycles. The molecular formula is C16H26N2O. The molecule has 1 atom stereocenters. The number of aliphatic hydroxyl groups is 1. The van der Waals surface area contributed by atoms with Gasteiger partial charge < -0.3 is 14.9 Å². The molecule has 1 fully saturated rings. The zero-order valence-electron chi connectivity index (χ0n) is 12.4. The Morgan fingerprint density at radius 1 is 1.21 bits per heavy atom. The lowest BCUT2D eigenvalue weighted by Gasteiger charge is -2.30. The first-order chi connectivity index (χ1) is 9.11. The second kappa shape index (κ2) is 6.40. The molecule has 0 spiro atoms. The summed E-state index contributed by atoms with van der Waals surface area (Å²) >= 11 is 0. The van der Waals surface area contributed by atoms with Crippen molar-refractivity contribution < 1.29 is 5.11 Å². The van der Waals surface area contributed by atoms with Crippen LogP contribution in [0.25, 0.3) is 0 Å². The fraction of sp³-hybridized carbons (Fsp3) is 0.625. The van der Waals surface area contributed by atoms with E-state index in [0.29, 0.717) is 6.04 Å².